The van der Waals surface area contributed by atoms with E-state index in [1.165, 1.54) is 35.1 Å². The molecule has 3 rings (SSSR count). The van der Waals surface area contributed by atoms with Gasteiger partial charge in [0.1, 0.15) is 16.3 Å². The van der Waals surface area contributed by atoms with E-state index in [2.05, 4.69) is 9.82 Å². The molecule has 23 heavy (non-hydrogen) atoms. The maximum absolute atomic E-state index is 12.7. The molecular formula is C16H15N3O3S. The van der Waals surface area contributed by atoms with Gasteiger partial charge in [-0.25, -0.2) is 8.42 Å². The van der Waals surface area contributed by atoms with Crippen LogP contribution in [0.4, 0.5) is 5.69 Å². The van der Waals surface area contributed by atoms with Crippen LogP contribution in [0.1, 0.15) is 0 Å². The fourth-order valence-electron chi connectivity index (χ4n) is 2.20. The van der Waals surface area contributed by atoms with Crippen molar-refractivity contribution in [3.8, 4) is 17.0 Å². The Morgan fingerprint density at radius 3 is 2.35 bits per heavy atom. The van der Waals surface area contributed by atoms with Crippen LogP contribution in [-0.4, -0.2) is 23.3 Å². The Morgan fingerprint density at radius 2 is 1.70 bits per heavy atom. The molecule has 7 heteroatoms. The van der Waals surface area contributed by atoms with Gasteiger partial charge < -0.3 is 5.11 Å². The van der Waals surface area contributed by atoms with Gasteiger partial charge >= 0.3 is 0 Å². The van der Waals surface area contributed by atoms with Gasteiger partial charge in [-0.05, 0) is 24.3 Å². The second-order valence-electron chi connectivity index (χ2n) is 5.03. The third kappa shape index (κ3) is 3.19. The molecule has 2 N–H and O–H groups in total. The number of rotatable bonds is 4. The fraction of sp³-hybridized carbons (Fsp3) is 0.0625. The number of sulfonamides is 1. The Balaban J connectivity index is 2.02. The predicted molar refractivity (Wildman–Crippen MR) is 87.6 cm³/mol. The Labute approximate surface area is 134 Å². The molecule has 0 saturated carbocycles. The predicted octanol–water partition coefficient (Wildman–Crippen LogP) is 2.59. The van der Waals surface area contributed by atoms with Crippen LogP contribution in [0.5, 0.6) is 5.75 Å². The first-order valence-electron chi connectivity index (χ1n) is 6.86. The van der Waals surface area contributed by atoms with Crippen molar-refractivity contribution in [2.75, 3.05) is 4.72 Å². The lowest BCUT2D eigenvalue weighted by molar-refractivity contribution is 0.475. The van der Waals surface area contributed by atoms with E-state index < -0.39 is 10.0 Å². The van der Waals surface area contributed by atoms with Crippen LogP contribution in [0.25, 0.3) is 11.3 Å². The average Bonchev–Trinajstić information content (AvgIpc) is 2.93. The molecule has 6 nitrogen and oxygen atoms in total. The smallest absolute Gasteiger partial charge is 0.265 e. The topological polar surface area (TPSA) is 84.2 Å². The first kappa shape index (κ1) is 15.1. The van der Waals surface area contributed by atoms with E-state index in [1.54, 1.807) is 7.05 Å². The van der Waals surface area contributed by atoms with Gasteiger partial charge in [-0.2, -0.15) is 5.10 Å². The molecule has 0 atom stereocenters. The van der Waals surface area contributed by atoms with E-state index in [0.717, 1.165) is 5.56 Å². The first-order chi connectivity index (χ1) is 11.0. The molecule has 0 unspecified atom stereocenters. The van der Waals surface area contributed by atoms with E-state index in [4.69, 9.17) is 0 Å². The van der Waals surface area contributed by atoms with Gasteiger partial charge in [0, 0.05) is 24.5 Å². The van der Waals surface area contributed by atoms with Crippen LogP contribution in [-0.2, 0) is 17.1 Å². The molecule has 0 fully saturated rings. The summed E-state index contributed by atoms with van der Waals surface area (Å²) in [5.74, 6) is 0.0688. The van der Waals surface area contributed by atoms with Crippen LogP contribution >= 0.6 is 0 Å². The zero-order valence-corrected chi connectivity index (χ0v) is 13.2. The largest absolute Gasteiger partial charge is 0.508 e. The summed E-state index contributed by atoms with van der Waals surface area (Å²) in [5, 5.41) is 13.5. The summed E-state index contributed by atoms with van der Waals surface area (Å²) in [7, 11) is -2.13. The Kier molecular flexibility index (Phi) is 3.79. The van der Waals surface area contributed by atoms with Gasteiger partial charge in [-0.3, -0.25) is 9.40 Å². The van der Waals surface area contributed by atoms with Gasteiger partial charge in [0.15, 0.2) is 0 Å². The van der Waals surface area contributed by atoms with E-state index in [1.807, 2.05) is 30.3 Å². The molecule has 0 radical (unpaired) electrons. The summed E-state index contributed by atoms with van der Waals surface area (Å²) < 4.78 is 29.3. The number of aromatic hydroxyl groups is 1. The lowest BCUT2D eigenvalue weighted by Gasteiger charge is -2.08. The molecule has 118 valence electrons. The van der Waals surface area contributed by atoms with Crippen molar-refractivity contribution in [2.24, 2.45) is 7.05 Å². The normalized spacial score (nSPS) is 11.3. The summed E-state index contributed by atoms with van der Waals surface area (Å²) in [6, 6.07) is 14.9. The van der Waals surface area contributed by atoms with Crippen molar-refractivity contribution in [3.63, 3.8) is 0 Å². The fourth-order valence-corrected chi connectivity index (χ4v) is 3.46. The number of hydrogen-bond acceptors (Lipinski definition) is 4. The Bertz CT molecular complexity index is 917. The zero-order valence-electron chi connectivity index (χ0n) is 12.3. The molecule has 0 spiro atoms. The van der Waals surface area contributed by atoms with Crippen molar-refractivity contribution in [1.82, 2.24) is 9.78 Å². The molecule has 0 aliphatic rings. The van der Waals surface area contributed by atoms with Gasteiger partial charge in [0.25, 0.3) is 10.0 Å². The lowest BCUT2D eigenvalue weighted by Crippen LogP contribution is -2.13. The van der Waals surface area contributed by atoms with Crippen LogP contribution in [0, 0.1) is 0 Å². The quantitative estimate of drug-likeness (QED) is 0.721. The Morgan fingerprint density at radius 1 is 1.04 bits per heavy atom. The number of benzene rings is 2. The van der Waals surface area contributed by atoms with E-state index in [-0.39, 0.29) is 10.6 Å². The Hall–Kier alpha value is -2.80. The number of hydrogen-bond donors (Lipinski definition) is 2. The van der Waals surface area contributed by atoms with Crippen molar-refractivity contribution in [2.45, 2.75) is 4.90 Å². The maximum Gasteiger partial charge on any atom is 0.265 e. The first-order valence-corrected chi connectivity index (χ1v) is 8.35. The third-order valence-corrected chi connectivity index (χ3v) is 4.63. The standard InChI is InChI=1S/C16H15N3O3S/c1-19-11-15(16(17-19)12-5-3-2-4-6-12)23(21,22)18-13-7-9-14(20)10-8-13/h2-11,18,20H,1H3. The van der Waals surface area contributed by atoms with Crippen molar-refractivity contribution >= 4 is 15.7 Å². The molecule has 0 amide bonds. The highest BCUT2D eigenvalue weighted by atomic mass is 32.2. The maximum atomic E-state index is 12.7. The van der Waals surface area contributed by atoms with E-state index in [9.17, 15) is 13.5 Å². The van der Waals surface area contributed by atoms with Crippen LogP contribution in [0.3, 0.4) is 0 Å². The number of phenols is 1. The minimum atomic E-state index is -3.80. The summed E-state index contributed by atoms with van der Waals surface area (Å²) in [5.41, 5.74) is 1.48. The SMILES string of the molecule is Cn1cc(S(=O)(=O)Nc2ccc(O)cc2)c(-c2ccccc2)n1. The minimum absolute atomic E-state index is 0.0688. The number of nitrogens with zero attached hydrogens (tertiary/aromatic N) is 2. The number of nitrogens with one attached hydrogen (secondary N) is 1. The summed E-state index contributed by atoms with van der Waals surface area (Å²) in [6.07, 6.45) is 1.46. The van der Waals surface area contributed by atoms with E-state index >= 15 is 0 Å². The molecular weight excluding hydrogens is 314 g/mol. The second kappa shape index (κ2) is 5.77. The van der Waals surface area contributed by atoms with Crippen molar-refractivity contribution in [1.29, 1.82) is 0 Å². The molecule has 0 saturated heterocycles. The highest BCUT2D eigenvalue weighted by molar-refractivity contribution is 7.92. The number of phenolic OH excluding ortho intramolecular Hbond substituents is 1. The number of aromatic nitrogens is 2. The molecule has 3 aromatic rings. The van der Waals surface area contributed by atoms with Crippen LogP contribution in [0.2, 0.25) is 0 Å². The zero-order chi connectivity index (χ0) is 16.4. The average molecular weight is 329 g/mol. The number of anilines is 1. The molecule has 0 bridgehead atoms. The summed E-state index contributed by atoms with van der Waals surface area (Å²) in [6.45, 7) is 0. The highest BCUT2D eigenvalue weighted by Gasteiger charge is 2.23. The van der Waals surface area contributed by atoms with Gasteiger partial charge in [-0.1, -0.05) is 30.3 Å². The molecule has 2 aromatic carbocycles. The second-order valence-corrected chi connectivity index (χ2v) is 6.68. The van der Waals surface area contributed by atoms with Crippen LogP contribution < -0.4 is 4.72 Å². The van der Waals surface area contributed by atoms with Crippen molar-refractivity contribution in [3.05, 3.63) is 60.8 Å². The molecule has 0 aliphatic carbocycles. The van der Waals surface area contributed by atoms with Gasteiger partial charge in [0.05, 0.1) is 0 Å². The number of aryl methyl sites for hydroxylation is 1. The summed E-state index contributed by atoms with van der Waals surface area (Å²) in [4.78, 5) is 0.0966. The highest BCUT2D eigenvalue weighted by Crippen LogP contribution is 2.27. The van der Waals surface area contributed by atoms with Crippen molar-refractivity contribution < 1.29 is 13.5 Å². The van der Waals surface area contributed by atoms with Crippen LogP contribution in [0.15, 0.2) is 65.7 Å². The monoisotopic (exact) mass is 329 g/mol. The third-order valence-electron chi connectivity index (χ3n) is 3.25. The molecule has 1 aromatic heterocycles. The molecule has 0 aliphatic heterocycles. The summed E-state index contributed by atoms with van der Waals surface area (Å²) >= 11 is 0. The van der Waals surface area contributed by atoms with E-state index in [0.29, 0.717) is 11.4 Å². The molecule has 1 heterocycles. The minimum Gasteiger partial charge on any atom is -0.508 e. The van der Waals surface area contributed by atoms with Gasteiger partial charge in [-0.15, -0.1) is 0 Å². The lowest BCUT2D eigenvalue weighted by atomic mass is 10.2. The van der Waals surface area contributed by atoms with Gasteiger partial charge in [0.2, 0.25) is 0 Å².